The molecule has 1 aromatic carbocycles. The number of nitrogens with zero attached hydrogens (tertiary/aromatic N) is 3. The first-order valence-corrected chi connectivity index (χ1v) is 7.84. The molecule has 1 amide bonds. The molecule has 2 saturated heterocycles. The topological polar surface area (TPSA) is 56.6 Å². The molecule has 0 radical (unpaired) electrons. The lowest BCUT2D eigenvalue weighted by molar-refractivity contribution is -0.137. The Morgan fingerprint density at radius 1 is 1.23 bits per heavy atom. The minimum Gasteiger partial charge on any atom is -0.381 e. The Balaban J connectivity index is 1.48. The second-order valence-electron chi connectivity index (χ2n) is 5.97. The van der Waals surface area contributed by atoms with E-state index in [4.69, 9.17) is 10.00 Å². The highest BCUT2D eigenvalue weighted by molar-refractivity contribution is 5.79. The van der Waals surface area contributed by atoms with Crippen molar-refractivity contribution >= 4 is 5.91 Å². The number of piperazine rings is 1. The summed E-state index contributed by atoms with van der Waals surface area (Å²) in [6, 6.07) is 9.86. The summed E-state index contributed by atoms with van der Waals surface area (Å²) in [5.41, 5.74) is 1.90. The van der Waals surface area contributed by atoms with Crippen molar-refractivity contribution in [2.24, 2.45) is 5.92 Å². The number of nitriles is 1. The zero-order valence-electron chi connectivity index (χ0n) is 12.7. The quantitative estimate of drug-likeness (QED) is 0.842. The Kier molecular flexibility index (Phi) is 4.71. The molecule has 22 heavy (non-hydrogen) atoms. The molecule has 2 heterocycles. The van der Waals surface area contributed by atoms with E-state index >= 15 is 0 Å². The maximum absolute atomic E-state index is 12.3. The van der Waals surface area contributed by atoms with Crippen LogP contribution in [0.25, 0.3) is 0 Å². The molecule has 1 unspecified atom stereocenters. The number of carbonyl (C=O) groups is 1. The SMILES string of the molecule is N#Cc1ccc(CN2CCN(C(=O)C3CCOC3)CC2)cc1. The van der Waals surface area contributed by atoms with Crippen LogP contribution in [0.4, 0.5) is 0 Å². The number of hydrogen-bond donors (Lipinski definition) is 0. The van der Waals surface area contributed by atoms with Crippen molar-refractivity contribution in [1.82, 2.24) is 9.80 Å². The van der Waals surface area contributed by atoms with Gasteiger partial charge in [-0.15, -0.1) is 0 Å². The highest BCUT2D eigenvalue weighted by Gasteiger charge is 2.29. The number of ether oxygens (including phenoxy) is 1. The molecule has 0 spiro atoms. The van der Waals surface area contributed by atoms with Gasteiger partial charge < -0.3 is 9.64 Å². The van der Waals surface area contributed by atoms with Crippen molar-refractivity contribution in [1.29, 1.82) is 5.26 Å². The third-order valence-corrected chi connectivity index (χ3v) is 4.45. The minimum atomic E-state index is 0.0741. The number of carbonyl (C=O) groups excluding carboxylic acids is 1. The maximum atomic E-state index is 12.3. The van der Waals surface area contributed by atoms with Gasteiger partial charge in [-0.1, -0.05) is 12.1 Å². The average Bonchev–Trinajstić information content (AvgIpc) is 3.10. The normalized spacial score (nSPS) is 22.5. The van der Waals surface area contributed by atoms with E-state index in [1.807, 2.05) is 29.2 Å². The highest BCUT2D eigenvalue weighted by atomic mass is 16.5. The molecule has 116 valence electrons. The van der Waals surface area contributed by atoms with Crippen LogP contribution < -0.4 is 0 Å². The highest BCUT2D eigenvalue weighted by Crippen LogP contribution is 2.17. The Morgan fingerprint density at radius 2 is 1.95 bits per heavy atom. The summed E-state index contributed by atoms with van der Waals surface area (Å²) in [4.78, 5) is 16.7. The summed E-state index contributed by atoms with van der Waals surface area (Å²) in [5, 5.41) is 8.81. The summed E-state index contributed by atoms with van der Waals surface area (Å²) >= 11 is 0. The summed E-state index contributed by atoms with van der Waals surface area (Å²) in [6.07, 6.45) is 0.865. The number of hydrogen-bond acceptors (Lipinski definition) is 4. The van der Waals surface area contributed by atoms with Crippen LogP contribution in [0.2, 0.25) is 0 Å². The van der Waals surface area contributed by atoms with Gasteiger partial charge in [-0.3, -0.25) is 9.69 Å². The summed E-state index contributed by atoms with van der Waals surface area (Å²) in [7, 11) is 0. The predicted molar refractivity (Wildman–Crippen MR) is 81.9 cm³/mol. The fourth-order valence-electron chi connectivity index (χ4n) is 3.06. The van der Waals surface area contributed by atoms with E-state index in [2.05, 4.69) is 11.0 Å². The Hall–Kier alpha value is -1.90. The first-order valence-electron chi connectivity index (χ1n) is 7.84. The third kappa shape index (κ3) is 3.46. The van der Waals surface area contributed by atoms with E-state index < -0.39 is 0 Å². The lowest BCUT2D eigenvalue weighted by Gasteiger charge is -2.35. The molecule has 5 heteroatoms. The lowest BCUT2D eigenvalue weighted by atomic mass is 10.1. The molecule has 2 aliphatic heterocycles. The second-order valence-corrected chi connectivity index (χ2v) is 5.97. The Labute approximate surface area is 131 Å². The van der Waals surface area contributed by atoms with E-state index in [1.165, 1.54) is 5.56 Å². The monoisotopic (exact) mass is 299 g/mol. The molecule has 2 fully saturated rings. The van der Waals surface area contributed by atoms with Gasteiger partial charge in [0, 0.05) is 39.3 Å². The zero-order valence-corrected chi connectivity index (χ0v) is 12.7. The third-order valence-electron chi connectivity index (χ3n) is 4.45. The zero-order chi connectivity index (χ0) is 15.4. The molecule has 2 aliphatic rings. The molecule has 0 saturated carbocycles. The number of benzene rings is 1. The van der Waals surface area contributed by atoms with Crippen LogP contribution in [0.1, 0.15) is 17.5 Å². The van der Waals surface area contributed by atoms with E-state index in [0.717, 1.165) is 45.8 Å². The van der Waals surface area contributed by atoms with Crippen LogP contribution in [0.15, 0.2) is 24.3 Å². The van der Waals surface area contributed by atoms with Crippen molar-refractivity contribution in [3.05, 3.63) is 35.4 Å². The fraction of sp³-hybridized carbons (Fsp3) is 0.529. The second kappa shape index (κ2) is 6.91. The smallest absolute Gasteiger partial charge is 0.228 e. The molecular formula is C17H21N3O2. The van der Waals surface area contributed by atoms with Crippen LogP contribution in [-0.4, -0.2) is 55.1 Å². The molecule has 0 bridgehead atoms. The van der Waals surface area contributed by atoms with Gasteiger partial charge in [0.05, 0.1) is 24.2 Å². The molecule has 1 atom stereocenters. The van der Waals surface area contributed by atoms with Gasteiger partial charge in [0.2, 0.25) is 5.91 Å². The summed E-state index contributed by atoms with van der Waals surface area (Å²) < 4.78 is 5.31. The molecule has 1 aromatic rings. The molecule has 5 nitrogen and oxygen atoms in total. The first kappa shape index (κ1) is 15.0. The van der Waals surface area contributed by atoms with E-state index in [0.29, 0.717) is 12.2 Å². The van der Waals surface area contributed by atoms with E-state index in [1.54, 1.807) is 0 Å². The van der Waals surface area contributed by atoms with Crippen LogP contribution in [0, 0.1) is 17.2 Å². The first-order chi connectivity index (χ1) is 10.8. The van der Waals surface area contributed by atoms with Crippen LogP contribution >= 0.6 is 0 Å². The molecular weight excluding hydrogens is 278 g/mol. The van der Waals surface area contributed by atoms with Gasteiger partial charge in [0.15, 0.2) is 0 Å². The van der Waals surface area contributed by atoms with Gasteiger partial charge in [-0.2, -0.15) is 5.26 Å². The minimum absolute atomic E-state index is 0.0741. The van der Waals surface area contributed by atoms with Crippen molar-refractivity contribution in [2.45, 2.75) is 13.0 Å². The molecule has 0 aliphatic carbocycles. The number of amides is 1. The van der Waals surface area contributed by atoms with E-state index in [-0.39, 0.29) is 11.8 Å². The van der Waals surface area contributed by atoms with Gasteiger partial charge in [0.25, 0.3) is 0 Å². The summed E-state index contributed by atoms with van der Waals surface area (Å²) in [5.74, 6) is 0.334. The summed E-state index contributed by atoms with van der Waals surface area (Å²) in [6.45, 7) is 5.58. The standard InChI is InChI=1S/C17H21N3O2/c18-11-14-1-3-15(4-2-14)12-19-6-8-20(9-7-19)17(21)16-5-10-22-13-16/h1-4,16H,5-10,12-13H2. The van der Waals surface area contributed by atoms with Crippen molar-refractivity contribution < 1.29 is 9.53 Å². The van der Waals surface area contributed by atoms with Crippen LogP contribution in [-0.2, 0) is 16.1 Å². The maximum Gasteiger partial charge on any atom is 0.228 e. The van der Waals surface area contributed by atoms with Crippen molar-refractivity contribution in [2.75, 3.05) is 39.4 Å². The van der Waals surface area contributed by atoms with Crippen LogP contribution in [0.5, 0.6) is 0 Å². The Morgan fingerprint density at radius 3 is 2.55 bits per heavy atom. The largest absolute Gasteiger partial charge is 0.381 e. The van der Waals surface area contributed by atoms with Crippen LogP contribution in [0.3, 0.4) is 0 Å². The molecule has 3 rings (SSSR count). The fourth-order valence-corrected chi connectivity index (χ4v) is 3.06. The number of rotatable bonds is 3. The lowest BCUT2D eigenvalue weighted by Crippen LogP contribution is -2.50. The van der Waals surface area contributed by atoms with E-state index in [9.17, 15) is 4.79 Å². The van der Waals surface area contributed by atoms with Gasteiger partial charge in [-0.25, -0.2) is 0 Å². The molecule has 0 N–H and O–H groups in total. The van der Waals surface area contributed by atoms with Gasteiger partial charge in [-0.05, 0) is 24.1 Å². The van der Waals surface area contributed by atoms with Gasteiger partial charge in [0.1, 0.15) is 0 Å². The molecule has 0 aromatic heterocycles. The predicted octanol–water partition coefficient (Wildman–Crippen LogP) is 1.24. The average molecular weight is 299 g/mol. The Bertz CT molecular complexity index is 550. The van der Waals surface area contributed by atoms with Crippen molar-refractivity contribution in [3.63, 3.8) is 0 Å². The van der Waals surface area contributed by atoms with Crippen molar-refractivity contribution in [3.8, 4) is 6.07 Å². The van der Waals surface area contributed by atoms with Gasteiger partial charge >= 0.3 is 0 Å².